The van der Waals surface area contributed by atoms with Crippen LogP contribution in [0, 0.1) is 0 Å². The normalized spacial score (nSPS) is 23.8. The lowest BCUT2D eigenvalue weighted by atomic mass is 9.81. The smallest absolute Gasteiger partial charge is 0.0217 e. The molecule has 0 radical (unpaired) electrons. The van der Waals surface area contributed by atoms with E-state index >= 15 is 0 Å². The molecule has 0 saturated carbocycles. The first-order valence-corrected chi connectivity index (χ1v) is 7.69. The molecule has 2 unspecified atom stereocenters. The number of rotatable bonds is 5. The highest BCUT2D eigenvalue weighted by Gasteiger charge is 2.30. The van der Waals surface area contributed by atoms with Gasteiger partial charge in [-0.1, -0.05) is 37.3 Å². The van der Waals surface area contributed by atoms with E-state index in [1.54, 1.807) is 0 Å². The molecule has 0 spiro atoms. The minimum absolute atomic E-state index is 0.0511. The van der Waals surface area contributed by atoms with Crippen LogP contribution in [0.5, 0.6) is 0 Å². The highest BCUT2D eigenvalue weighted by Crippen LogP contribution is 2.25. The molecule has 3 heteroatoms. The van der Waals surface area contributed by atoms with E-state index in [1.165, 1.54) is 24.9 Å². The van der Waals surface area contributed by atoms with Crippen molar-refractivity contribution in [3.8, 4) is 0 Å². The van der Waals surface area contributed by atoms with E-state index in [9.17, 15) is 0 Å². The zero-order valence-electron chi connectivity index (χ0n) is 13.2. The number of likely N-dealkylation sites (N-methyl/N-ethyl adjacent to an activating group) is 1. The molecule has 1 fully saturated rings. The number of piperidine rings is 1. The molecule has 2 rings (SSSR count). The van der Waals surface area contributed by atoms with E-state index in [1.807, 2.05) is 0 Å². The topological polar surface area (TPSA) is 32.5 Å². The Kier molecular flexibility index (Phi) is 5.19. The van der Waals surface area contributed by atoms with Gasteiger partial charge in [0.05, 0.1) is 0 Å². The van der Waals surface area contributed by atoms with E-state index in [0.29, 0.717) is 12.6 Å². The van der Waals surface area contributed by atoms with Crippen molar-refractivity contribution in [1.82, 2.24) is 9.80 Å². The summed E-state index contributed by atoms with van der Waals surface area (Å²) in [5.41, 5.74) is 7.52. The van der Waals surface area contributed by atoms with Gasteiger partial charge >= 0.3 is 0 Å². The van der Waals surface area contributed by atoms with Gasteiger partial charge in [-0.05, 0) is 39.0 Å². The van der Waals surface area contributed by atoms with E-state index < -0.39 is 0 Å². The summed E-state index contributed by atoms with van der Waals surface area (Å²) < 4.78 is 0. The second kappa shape index (κ2) is 6.70. The molecule has 112 valence electrons. The van der Waals surface area contributed by atoms with E-state index in [4.69, 9.17) is 5.73 Å². The Hall–Kier alpha value is -0.900. The van der Waals surface area contributed by atoms with E-state index in [0.717, 1.165) is 13.1 Å². The Morgan fingerprint density at radius 2 is 2.00 bits per heavy atom. The third-order valence-corrected chi connectivity index (χ3v) is 4.70. The van der Waals surface area contributed by atoms with Crippen molar-refractivity contribution in [3.63, 3.8) is 0 Å². The van der Waals surface area contributed by atoms with Crippen molar-refractivity contribution >= 4 is 0 Å². The fourth-order valence-electron chi connectivity index (χ4n) is 3.20. The van der Waals surface area contributed by atoms with Crippen LogP contribution in [-0.2, 0) is 5.41 Å². The molecule has 0 aliphatic carbocycles. The summed E-state index contributed by atoms with van der Waals surface area (Å²) in [5, 5.41) is 0. The molecule has 0 amide bonds. The lowest BCUT2D eigenvalue weighted by Crippen LogP contribution is -2.51. The van der Waals surface area contributed by atoms with Crippen LogP contribution >= 0.6 is 0 Å². The average Bonchev–Trinajstić information content (AvgIpc) is 2.48. The van der Waals surface area contributed by atoms with Gasteiger partial charge in [0.25, 0.3) is 0 Å². The molecular formula is C17H29N3. The molecule has 1 aromatic rings. The fourth-order valence-corrected chi connectivity index (χ4v) is 3.20. The maximum atomic E-state index is 6.11. The monoisotopic (exact) mass is 275 g/mol. The second-order valence-corrected chi connectivity index (χ2v) is 6.63. The van der Waals surface area contributed by atoms with Gasteiger partial charge in [0, 0.05) is 31.1 Å². The first kappa shape index (κ1) is 15.5. The Labute approximate surface area is 123 Å². The molecule has 2 atom stereocenters. The summed E-state index contributed by atoms with van der Waals surface area (Å²) in [6, 6.07) is 11.4. The van der Waals surface area contributed by atoms with Crippen LogP contribution < -0.4 is 5.73 Å². The van der Waals surface area contributed by atoms with Crippen LogP contribution in [0.25, 0.3) is 0 Å². The molecule has 3 nitrogen and oxygen atoms in total. The van der Waals surface area contributed by atoms with Gasteiger partial charge in [0.15, 0.2) is 0 Å². The fraction of sp³-hybridized carbons (Fsp3) is 0.647. The number of benzene rings is 1. The van der Waals surface area contributed by atoms with E-state index in [2.05, 4.69) is 61.2 Å². The molecule has 1 aliphatic heterocycles. The standard InChI is InChI=1S/C17H29N3/c1-17(13-18,15-8-5-4-6-9-15)14-20-11-7-10-16(12-20)19(2)3/h4-6,8-9,16H,7,10-14,18H2,1-3H3. The van der Waals surface area contributed by atoms with Crippen LogP contribution in [0.2, 0.25) is 0 Å². The van der Waals surface area contributed by atoms with Crippen LogP contribution in [0.4, 0.5) is 0 Å². The van der Waals surface area contributed by atoms with Crippen molar-refractivity contribution in [2.45, 2.75) is 31.2 Å². The van der Waals surface area contributed by atoms with Gasteiger partial charge in [0.2, 0.25) is 0 Å². The zero-order chi connectivity index (χ0) is 14.6. The van der Waals surface area contributed by atoms with Gasteiger partial charge < -0.3 is 15.5 Å². The van der Waals surface area contributed by atoms with Crippen molar-refractivity contribution in [2.75, 3.05) is 40.3 Å². The average molecular weight is 275 g/mol. The Morgan fingerprint density at radius 3 is 2.60 bits per heavy atom. The summed E-state index contributed by atoms with van der Waals surface area (Å²) in [6.07, 6.45) is 2.60. The van der Waals surface area contributed by atoms with Gasteiger partial charge in [-0.15, -0.1) is 0 Å². The summed E-state index contributed by atoms with van der Waals surface area (Å²) in [6.45, 7) is 6.40. The van der Waals surface area contributed by atoms with E-state index in [-0.39, 0.29) is 5.41 Å². The van der Waals surface area contributed by atoms with Gasteiger partial charge in [-0.2, -0.15) is 0 Å². The molecule has 2 N–H and O–H groups in total. The zero-order valence-corrected chi connectivity index (χ0v) is 13.2. The second-order valence-electron chi connectivity index (χ2n) is 6.63. The van der Waals surface area contributed by atoms with Gasteiger partial charge in [-0.25, -0.2) is 0 Å². The van der Waals surface area contributed by atoms with Crippen LogP contribution in [0.15, 0.2) is 30.3 Å². The molecule has 1 aromatic carbocycles. The molecule has 0 bridgehead atoms. The number of likely N-dealkylation sites (tertiary alicyclic amines) is 1. The van der Waals surface area contributed by atoms with Gasteiger partial charge in [-0.3, -0.25) is 0 Å². The Morgan fingerprint density at radius 1 is 1.30 bits per heavy atom. The third-order valence-electron chi connectivity index (χ3n) is 4.70. The Bertz CT molecular complexity index is 404. The summed E-state index contributed by atoms with van der Waals surface area (Å²) >= 11 is 0. The molecule has 0 aromatic heterocycles. The summed E-state index contributed by atoms with van der Waals surface area (Å²) in [5.74, 6) is 0. The highest BCUT2D eigenvalue weighted by molar-refractivity contribution is 5.25. The predicted octanol–water partition coefficient (Wildman–Crippen LogP) is 1.93. The maximum absolute atomic E-state index is 6.11. The first-order chi connectivity index (χ1) is 9.55. The quantitative estimate of drug-likeness (QED) is 0.891. The minimum atomic E-state index is 0.0511. The number of hydrogen-bond donors (Lipinski definition) is 1. The Balaban J connectivity index is 2.06. The highest BCUT2D eigenvalue weighted by atomic mass is 15.2. The van der Waals surface area contributed by atoms with Crippen molar-refractivity contribution in [1.29, 1.82) is 0 Å². The van der Waals surface area contributed by atoms with Crippen molar-refractivity contribution in [2.24, 2.45) is 5.73 Å². The first-order valence-electron chi connectivity index (χ1n) is 7.69. The summed E-state index contributed by atoms with van der Waals surface area (Å²) in [7, 11) is 4.38. The largest absolute Gasteiger partial charge is 0.330 e. The maximum Gasteiger partial charge on any atom is 0.0217 e. The lowest BCUT2D eigenvalue weighted by Gasteiger charge is -2.41. The molecule has 1 saturated heterocycles. The number of nitrogens with two attached hydrogens (primary N) is 1. The van der Waals surface area contributed by atoms with Crippen LogP contribution in [-0.4, -0.2) is 56.1 Å². The molecule has 20 heavy (non-hydrogen) atoms. The van der Waals surface area contributed by atoms with Crippen molar-refractivity contribution < 1.29 is 0 Å². The molecule has 1 aliphatic rings. The summed E-state index contributed by atoms with van der Waals surface area (Å²) in [4.78, 5) is 4.95. The van der Waals surface area contributed by atoms with Crippen molar-refractivity contribution in [3.05, 3.63) is 35.9 Å². The number of hydrogen-bond acceptors (Lipinski definition) is 3. The van der Waals surface area contributed by atoms with Crippen LogP contribution in [0.3, 0.4) is 0 Å². The SMILES string of the molecule is CN(C)C1CCCN(CC(C)(CN)c2ccccc2)C1. The third kappa shape index (κ3) is 3.60. The number of nitrogens with zero attached hydrogens (tertiary/aromatic N) is 2. The van der Waals surface area contributed by atoms with Crippen LogP contribution in [0.1, 0.15) is 25.3 Å². The molecule has 1 heterocycles. The van der Waals surface area contributed by atoms with Gasteiger partial charge in [0.1, 0.15) is 0 Å². The predicted molar refractivity (Wildman–Crippen MR) is 86.0 cm³/mol. The minimum Gasteiger partial charge on any atom is -0.330 e. The lowest BCUT2D eigenvalue weighted by molar-refractivity contribution is 0.113. The molecular weight excluding hydrogens is 246 g/mol.